The third kappa shape index (κ3) is 1.60. The number of nitrogens with zero attached hydrogens (tertiary/aromatic N) is 1. The number of hydrazine groups is 1. The van der Waals surface area contributed by atoms with E-state index in [-0.39, 0.29) is 0 Å². The Morgan fingerprint density at radius 3 is 2.60 bits per heavy atom. The highest BCUT2D eigenvalue weighted by Crippen LogP contribution is 2.28. The van der Waals surface area contributed by atoms with E-state index in [9.17, 15) is 0 Å². The number of nitrogens with one attached hydrogen (secondary N) is 2. The van der Waals surface area contributed by atoms with E-state index < -0.39 is 0 Å². The Kier molecular flexibility index (Phi) is 2.11. The molecular formula is C6H14N4. The molecule has 1 aliphatic rings. The lowest BCUT2D eigenvalue weighted by atomic mass is 10.5. The van der Waals surface area contributed by atoms with Crippen LogP contribution in [0.5, 0.6) is 0 Å². The van der Waals surface area contributed by atoms with Gasteiger partial charge in [0, 0.05) is 13.1 Å². The lowest BCUT2D eigenvalue weighted by molar-refractivity contribution is 0.778. The summed E-state index contributed by atoms with van der Waals surface area (Å²) in [5, 5.41) is 3.15. The first-order valence-corrected chi connectivity index (χ1v) is 3.48. The van der Waals surface area contributed by atoms with Gasteiger partial charge in [0.15, 0.2) is 0 Å². The molecule has 2 atom stereocenters. The van der Waals surface area contributed by atoms with Crippen molar-refractivity contribution in [3.8, 4) is 0 Å². The molecule has 4 nitrogen and oxygen atoms in total. The first-order chi connectivity index (χ1) is 4.77. The Labute approximate surface area is 60.9 Å². The van der Waals surface area contributed by atoms with Crippen molar-refractivity contribution in [2.45, 2.75) is 19.4 Å². The fraction of sp³-hybridized carbons (Fsp3) is 0.833. The van der Waals surface area contributed by atoms with E-state index in [4.69, 9.17) is 5.84 Å². The van der Waals surface area contributed by atoms with E-state index in [1.54, 1.807) is 7.05 Å². The van der Waals surface area contributed by atoms with Crippen LogP contribution in [0.1, 0.15) is 13.3 Å². The van der Waals surface area contributed by atoms with Gasteiger partial charge in [-0.25, -0.2) is 5.84 Å². The van der Waals surface area contributed by atoms with Gasteiger partial charge in [-0.2, -0.15) is 0 Å². The molecule has 0 aliphatic heterocycles. The normalized spacial score (nSPS) is 31.7. The van der Waals surface area contributed by atoms with Crippen molar-refractivity contribution >= 4 is 5.96 Å². The largest absolute Gasteiger partial charge is 0.352 e. The van der Waals surface area contributed by atoms with Gasteiger partial charge in [-0.15, -0.1) is 0 Å². The molecule has 2 unspecified atom stereocenters. The molecule has 1 aliphatic carbocycles. The van der Waals surface area contributed by atoms with Crippen LogP contribution in [0.2, 0.25) is 0 Å². The molecule has 0 amide bonds. The molecule has 0 spiro atoms. The number of aliphatic imine (C=N–C) groups is 1. The van der Waals surface area contributed by atoms with Crippen LogP contribution >= 0.6 is 0 Å². The summed E-state index contributed by atoms with van der Waals surface area (Å²) in [4.78, 5) is 3.89. The smallest absolute Gasteiger partial charge is 0.205 e. The third-order valence-corrected chi connectivity index (χ3v) is 1.79. The Morgan fingerprint density at radius 2 is 2.30 bits per heavy atom. The van der Waals surface area contributed by atoms with Crippen LogP contribution in [0, 0.1) is 5.92 Å². The molecule has 1 saturated carbocycles. The first-order valence-electron chi connectivity index (χ1n) is 3.48. The van der Waals surface area contributed by atoms with Crippen molar-refractivity contribution < 1.29 is 0 Å². The van der Waals surface area contributed by atoms with E-state index in [0.717, 1.165) is 5.92 Å². The van der Waals surface area contributed by atoms with E-state index in [0.29, 0.717) is 12.0 Å². The molecular weight excluding hydrogens is 128 g/mol. The number of guanidine groups is 1. The average molecular weight is 142 g/mol. The molecule has 0 bridgehead atoms. The molecule has 0 radical (unpaired) electrons. The summed E-state index contributed by atoms with van der Waals surface area (Å²) in [6.07, 6.45) is 1.22. The Balaban J connectivity index is 2.24. The molecule has 0 heterocycles. The highest BCUT2D eigenvalue weighted by atomic mass is 15.3. The summed E-state index contributed by atoms with van der Waals surface area (Å²) < 4.78 is 0. The molecule has 0 aromatic rings. The lowest BCUT2D eigenvalue weighted by Gasteiger charge is -2.05. The molecule has 0 saturated heterocycles. The van der Waals surface area contributed by atoms with Crippen molar-refractivity contribution in [2.24, 2.45) is 16.8 Å². The predicted molar refractivity (Wildman–Crippen MR) is 41.4 cm³/mol. The Morgan fingerprint density at radius 1 is 1.70 bits per heavy atom. The second-order valence-electron chi connectivity index (χ2n) is 2.68. The maximum atomic E-state index is 5.16. The zero-order valence-corrected chi connectivity index (χ0v) is 6.39. The van der Waals surface area contributed by atoms with Crippen molar-refractivity contribution in [1.29, 1.82) is 0 Å². The molecule has 4 heteroatoms. The summed E-state index contributed by atoms with van der Waals surface area (Å²) in [6, 6.07) is 0.578. The van der Waals surface area contributed by atoms with Crippen LogP contribution in [0.3, 0.4) is 0 Å². The molecule has 1 rings (SSSR count). The van der Waals surface area contributed by atoms with Crippen LogP contribution in [0.25, 0.3) is 0 Å². The van der Waals surface area contributed by atoms with Gasteiger partial charge in [0.1, 0.15) is 0 Å². The maximum Gasteiger partial charge on any atom is 0.205 e. The molecule has 0 aromatic heterocycles. The molecule has 0 aromatic carbocycles. The Bertz CT molecular complexity index is 143. The highest BCUT2D eigenvalue weighted by molar-refractivity contribution is 5.79. The van der Waals surface area contributed by atoms with Crippen molar-refractivity contribution in [3.63, 3.8) is 0 Å². The van der Waals surface area contributed by atoms with Crippen LogP contribution in [-0.2, 0) is 0 Å². The SMILES string of the molecule is CN=C(NN)NC1CC1C. The van der Waals surface area contributed by atoms with E-state index in [1.807, 2.05) is 0 Å². The number of hydrogen-bond donors (Lipinski definition) is 3. The second kappa shape index (κ2) is 2.88. The zero-order valence-electron chi connectivity index (χ0n) is 6.39. The van der Waals surface area contributed by atoms with E-state index in [1.165, 1.54) is 6.42 Å². The van der Waals surface area contributed by atoms with Crippen LogP contribution in [-0.4, -0.2) is 19.0 Å². The second-order valence-corrected chi connectivity index (χ2v) is 2.68. The standard InChI is InChI=1S/C6H14N4/c1-4-3-5(4)9-6(8-2)10-7/h4-5H,3,7H2,1-2H3,(H2,8,9,10). The molecule has 58 valence electrons. The fourth-order valence-corrected chi connectivity index (χ4v) is 0.870. The Hall–Kier alpha value is -0.770. The van der Waals surface area contributed by atoms with Gasteiger partial charge in [-0.1, -0.05) is 6.92 Å². The minimum Gasteiger partial charge on any atom is -0.352 e. The maximum absolute atomic E-state index is 5.16. The summed E-state index contributed by atoms with van der Waals surface area (Å²) in [6.45, 7) is 2.20. The molecule has 10 heavy (non-hydrogen) atoms. The number of nitrogens with two attached hydrogens (primary N) is 1. The fourth-order valence-electron chi connectivity index (χ4n) is 0.870. The summed E-state index contributed by atoms with van der Waals surface area (Å²) in [5.74, 6) is 6.61. The van der Waals surface area contributed by atoms with Gasteiger partial charge >= 0.3 is 0 Å². The topological polar surface area (TPSA) is 62.4 Å². The van der Waals surface area contributed by atoms with Gasteiger partial charge in [-0.05, 0) is 12.3 Å². The quantitative estimate of drug-likeness (QED) is 0.199. The van der Waals surface area contributed by atoms with Gasteiger partial charge in [0.25, 0.3) is 0 Å². The van der Waals surface area contributed by atoms with Crippen LogP contribution in [0.15, 0.2) is 4.99 Å². The van der Waals surface area contributed by atoms with Crippen molar-refractivity contribution in [2.75, 3.05) is 7.05 Å². The monoisotopic (exact) mass is 142 g/mol. The highest BCUT2D eigenvalue weighted by Gasteiger charge is 2.32. The van der Waals surface area contributed by atoms with E-state index >= 15 is 0 Å². The van der Waals surface area contributed by atoms with Gasteiger partial charge in [-0.3, -0.25) is 10.4 Å². The summed E-state index contributed by atoms with van der Waals surface area (Å²) in [7, 11) is 1.70. The van der Waals surface area contributed by atoms with Crippen molar-refractivity contribution in [3.05, 3.63) is 0 Å². The molecule has 1 fully saturated rings. The third-order valence-electron chi connectivity index (χ3n) is 1.79. The number of hydrogen-bond acceptors (Lipinski definition) is 2. The van der Waals surface area contributed by atoms with Crippen molar-refractivity contribution in [1.82, 2.24) is 10.7 Å². The summed E-state index contributed by atoms with van der Waals surface area (Å²) >= 11 is 0. The minimum atomic E-state index is 0.578. The van der Waals surface area contributed by atoms with Gasteiger partial charge in [0.2, 0.25) is 5.96 Å². The average Bonchev–Trinajstić information content (AvgIpc) is 2.62. The predicted octanol–water partition coefficient (Wildman–Crippen LogP) is -0.566. The summed E-state index contributed by atoms with van der Waals surface area (Å²) in [5.41, 5.74) is 2.48. The van der Waals surface area contributed by atoms with E-state index in [2.05, 4.69) is 22.7 Å². The van der Waals surface area contributed by atoms with Crippen LogP contribution < -0.4 is 16.6 Å². The van der Waals surface area contributed by atoms with Gasteiger partial charge < -0.3 is 5.32 Å². The first kappa shape index (κ1) is 7.34. The zero-order chi connectivity index (χ0) is 7.56. The lowest BCUT2D eigenvalue weighted by Crippen LogP contribution is -2.42. The minimum absolute atomic E-state index is 0.578. The number of rotatable bonds is 1. The van der Waals surface area contributed by atoms with Gasteiger partial charge in [0.05, 0.1) is 0 Å². The molecule has 4 N–H and O–H groups in total. The van der Waals surface area contributed by atoms with Crippen LogP contribution in [0.4, 0.5) is 0 Å².